The van der Waals surface area contributed by atoms with E-state index in [-0.39, 0.29) is 0 Å². The summed E-state index contributed by atoms with van der Waals surface area (Å²) in [7, 11) is 2.81. The predicted molar refractivity (Wildman–Crippen MR) is 95.1 cm³/mol. The molecule has 8 heteroatoms. The van der Waals surface area contributed by atoms with E-state index in [1.54, 1.807) is 31.4 Å². The van der Waals surface area contributed by atoms with E-state index in [1.807, 2.05) is 0 Å². The van der Waals surface area contributed by atoms with Gasteiger partial charge in [0.2, 0.25) is 0 Å². The topological polar surface area (TPSA) is 106 Å². The van der Waals surface area contributed by atoms with Gasteiger partial charge in [0.1, 0.15) is 5.75 Å². The molecule has 0 fully saturated rings. The number of nitrogens with zero attached hydrogens (tertiary/aromatic N) is 1. The van der Waals surface area contributed by atoms with Crippen molar-refractivity contribution in [3.8, 4) is 5.75 Å². The number of carbonyl (C=O) groups is 3. The van der Waals surface area contributed by atoms with Crippen molar-refractivity contribution in [1.29, 1.82) is 0 Å². The Bertz CT molecular complexity index is 831. The molecular formula is C18H17N3O5. The van der Waals surface area contributed by atoms with E-state index in [2.05, 4.69) is 20.6 Å². The van der Waals surface area contributed by atoms with Gasteiger partial charge in [-0.15, -0.1) is 0 Å². The summed E-state index contributed by atoms with van der Waals surface area (Å²) in [5.41, 5.74) is 3.52. The van der Waals surface area contributed by atoms with Gasteiger partial charge in [-0.2, -0.15) is 5.10 Å². The molecule has 0 unspecified atom stereocenters. The molecule has 2 rings (SSSR count). The van der Waals surface area contributed by atoms with Gasteiger partial charge in [0, 0.05) is 5.69 Å². The number of methoxy groups -OCH3 is 2. The number of anilines is 1. The first-order valence-electron chi connectivity index (χ1n) is 7.50. The first-order valence-corrected chi connectivity index (χ1v) is 7.50. The smallest absolute Gasteiger partial charge is 0.337 e. The summed E-state index contributed by atoms with van der Waals surface area (Å²) in [5, 5.41) is 6.12. The summed E-state index contributed by atoms with van der Waals surface area (Å²) in [4.78, 5) is 34.9. The van der Waals surface area contributed by atoms with E-state index in [4.69, 9.17) is 4.74 Å². The van der Waals surface area contributed by atoms with Crippen LogP contribution in [-0.4, -0.2) is 38.2 Å². The minimum Gasteiger partial charge on any atom is -0.497 e. The van der Waals surface area contributed by atoms with Gasteiger partial charge in [-0.05, 0) is 42.0 Å². The highest BCUT2D eigenvalue weighted by atomic mass is 16.5. The fourth-order valence-corrected chi connectivity index (χ4v) is 1.93. The molecule has 2 aromatic carbocycles. The number of esters is 1. The number of ether oxygens (including phenoxy) is 2. The third-order valence-electron chi connectivity index (χ3n) is 3.24. The summed E-state index contributed by atoms with van der Waals surface area (Å²) in [5.74, 6) is -1.67. The highest BCUT2D eigenvalue weighted by molar-refractivity contribution is 6.39. The largest absolute Gasteiger partial charge is 0.497 e. The minimum atomic E-state index is -0.929. The highest BCUT2D eigenvalue weighted by Crippen LogP contribution is 2.11. The molecule has 0 saturated heterocycles. The van der Waals surface area contributed by atoms with Gasteiger partial charge < -0.3 is 14.8 Å². The Morgan fingerprint density at radius 3 is 2.38 bits per heavy atom. The average molecular weight is 355 g/mol. The Balaban J connectivity index is 1.90. The highest BCUT2D eigenvalue weighted by Gasteiger charge is 2.13. The van der Waals surface area contributed by atoms with Crippen molar-refractivity contribution in [2.45, 2.75) is 0 Å². The Morgan fingerprint density at radius 2 is 1.73 bits per heavy atom. The van der Waals surface area contributed by atoms with Gasteiger partial charge in [-0.3, -0.25) is 9.59 Å². The van der Waals surface area contributed by atoms with Gasteiger partial charge in [0.25, 0.3) is 0 Å². The van der Waals surface area contributed by atoms with E-state index < -0.39 is 17.8 Å². The molecule has 0 aliphatic carbocycles. The van der Waals surface area contributed by atoms with Crippen LogP contribution in [0.5, 0.6) is 5.75 Å². The van der Waals surface area contributed by atoms with Crippen LogP contribution in [0.4, 0.5) is 5.69 Å². The number of nitrogens with one attached hydrogen (secondary N) is 2. The molecule has 26 heavy (non-hydrogen) atoms. The second-order valence-corrected chi connectivity index (χ2v) is 5.00. The lowest BCUT2D eigenvalue weighted by molar-refractivity contribution is -0.136. The molecule has 0 aliphatic rings. The Hall–Kier alpha value is -3.68. The molecule has 2 amide bonds. The predicted octanol–water partition coefficient (Wildman–Crippen LogP) is 1.57. The third kappa shape index (κ3) is 5.17. The van der Waals surface area contributed by atoms with Crippen LogP contribution in [0.2, 0.25) is 0 Å². The van der Waals surface area contributed by atoms with Crippen LogP contribution in [0.3, 0.4) is 0 Å². The summed E-state index contributed by atoms with van der Waals surface area (Å²) >= 11 is 0. The Labute approximate surface area is 149 Å². The minimum absolute atomic E-state index is 0.331. The molecule has 8 nitrogen and oxygen atoms in total. The third-order valence-corrected chi connectivity index (χ3v) is 3.24. The zero-order valence-corrected chi connectivity index (χ0v) is 14.2. The standard InChI is InChI=1S/C18H17N3O5/c1-25-15-5-3-4-12(10-15)11-19-21-17(23)16(22)20-14-8-6-13(7-9-14)18(24)26-2/h3-11H,1-2H3,(H,20,22)(H,21,23)/b19-11+. The molecule has 0 aliphatic heterocycles. The van der Waals surface area contributed by atoms with E-state index in [0.717, 1.165) is 0 Å². The van der Waals surface area contributed by atoms with Crippen molar-refractivity contribution in [2.24, 2.45) is 5.10 Å². The molecule has 134 valence electrons. The van der Waals surface area contributed by atoms with Crippen LogP contribution >= 0.6 is 0 Å². The van der Waals surface area contributed by atoms with Crippen molar-refractivity contribution in [3.05, 3.63) is 59.7 Å². The lowest BCUT2D eigenvalue weighted by Crippen LogP contribution is -2.32. The van der Waals surface area contributed by atoms with Crippen LogP contribution in [0, 0.1) is 0 Å². The molecule has 0 spiro atoms. The second kappa shape index (κ2) is 8.97. The van der Waals surface area contributed by atoms with Gasteiger partial charge in [-0.1, -0.05) is 12.1 Å². The van der Waals surface area contributed by atoms with Gasteiger partial charge >= 0.3 is 17.8 Å². The van der Waals surface area contributed by atoms with E-state index >= 15 is 0 Å². The number of amides is 2. The van der Waals surface area contributed by atoms with Crippen LogP contribution in [0.15, 0.2) is 53.6 Å². The second-order valence-electron chi connectivity index (χ2n) is 5.00. The van der Waals surface area contributed by atoms with Crippen LogP contribution in [0.25, 0.3) is 0 Å². The summed E-state index contributed by atoms with van der Waals surface area (Å²) in [6.45, 7) is 0. The first kappa shape index (κ1) is 18.7. The molecule has 0 aromatic heterocycles. The number of rotatable bonds is 5. The maximum atomic E-state index is 11.8. The maximum absolute atomic E-state index is 11.8. The van der Waals surface area contributed by atoms with Crippen molar-refractivity contribution in [2.75, 3.05) is 19.5 Å². The van der Waals surface area contributed by atoms with Gasteiger partial charge in [0.15, 0.2) is 0 Å². The summed E-state index contributed by atoms with van der Waals surface area (Å²) in [6, 6.07) is 12.9. The van der Waals surface area contributed by atoms with Gasteiger partial charge in [-0.25, -0.2) is 10.2 Å². The summed E-state index contributed by atoms with van der Waals surface area (Å²) in [6.07, 6.45) is 1.39. The Morgan fingerprint density at radius 1 is 1.00 bits per heavy atom. The van der Waals surface area contributed by atoms with Crippen molar-refractivity contribution in [3.63, 3.8) is 0 Å². The molecule has 0 saturated carbocycles. The monoisotopic (exact) mass is 355 g/mol. The van der Waals surface area contributed by atoms with E-state index in [0.29, 0.717) is 22.6 Å². The zero-order chi connectivity index (χ0) is 18.9. The lowest BCUT2D eigenvalue weighted by atomic mass is 10.2. The number of hydrazone groups is 1. The number of hydrogen-bond donors (Lipinski definition) is 2. The van der Waals surface area contributed by atoms with Crippen LogP contribution < -0.4 is 15.5 Å². The van der Waals surface area contributed by atoms with Crippen molar-refractivity contribution in [1.82, 2.24) is 5.43 Å². The number of benzene rings is 2. The quantitative estimate of drug-likeness (QED) is 0.366. The first-order chi connectivity index (χ1) is 12.5. The van der Waals surface area contributed by atoms with Crippen molar-refractivity contribution >= 4 is 29.7 Å². The molecule has 2 aromatic rings. The van der Waals surface area contributed by atoms with Gasteiger partial charge in [0.05, 0.1) is 26.0 Å². The van der Waals surface area contributed by atoms with Crippen LogP contribution in [0.1, 0.15) is 15.9 Å². The fraction of sp³-hybridized carbons (Fsp3) is 0.111. The lowest BCUT2D eigenvalue weighted by Gasteiger charge is -2.05. The molecule has 0 bridgehead atoms. The molecule has 0 radical (unpaired) electrons. The van der Waals surface area contributed by atoms with E-state index in [1.165, 1.54) is 37.6 Å². The number of carbonyl (C=O) groups excluding carboxylic acids is 3. The van der Waals surface area contributed by atoms with E-state index in [9.17, 15) is 14.4 Å². The van der Waals surface area contributed by atoms with Crippen LogP contribution in [-0.2, 0) is 14.3 Å². The number of hydrogen-bond acceptors (Lipinski definition) is 6. The Kier molecular flexibility index (Phi) is 6.44. The fourth-order valence-electron chi connectivity index (χ4n) is 1.93. The maximum Gasteiger partial charge on any atom is 0.337 e. The average Bonchev–Trinajstić information content (AvgIpc) is 2.68. The molecular weight excluding hydrogens is 338 g/mol. The summed E-state index contributed by atoms with van der Waals surface area (Å²) < 4.78 is 9.65. The zero-order valence-electron chi connectivity index (χ0n) is 14.2. The molecule has 0 heterocycles. The molecule has 2 N–H and O–H groups in total. The normalized spacial score (nSPS) is 10.2. The SMILES string of the molecule is COC(=O)c1ccc(NC(=O)C(=O)N/N=C/c2cccc(OC)c2)cc1. The molecule has 0 atom stereocenters. The van der Waals surface area contributed by atoms with Crippen molar-refractivity contribution < 1.29 is 23.9 Å².